The van der Waals surface area contributed by atoms with E-state index in [0.717, 1.165) is 13.0 Å². The van der Waals surface area contributed by atoms with Crippen LogP contribution in [0.2, 0.25) is 0 Å². The fraction of sp³-hybridized carbons (Fsp3) is 0.714. The Kier molecular flexibility index (Phi) is 3.50. The van der Waals surface area contributed by atoms with Gasteiger partial charge < -0.3 is 4.74 Å². The quantitative estimate of drug-likeness (QED) is 0.572. The first kappa shape index (κ1) is 10.8. The number of fused-ring (bicyclic) bond motifs is 1. The summed E-state index contributed by atoms with van der Waals surface area (Å²) in [7, 11) is 0. The van der Waals surface area contributed by atoms with E-state index in [4.69, 9.17) is 4.74 Å². The minimum Gasteiger partial charge on any atom is -0.497 e. The Bertz CT molecular complexity index is 266. The summed E-state index contributed by atoms with van der Waals surface area (Å²) < 4.78 is 5.73. The number of allylic oxidation sites excluding steroid dienone is 3. The molecule has 0 bridgehead atoms. The third kappa shape index (κ3) is 1.97. The molecule has 0 aromatic rings. The lowest BCUT2D eigenvalue weighted by Gasteiger charge is -2.18. The predicted molar refractivity (Wildman–Crippen MR) is 63.7 cm³/mol. The average molecular weight is 206 g/mol. The molecule has 3 aliphatic rings. The Labute approximate surface area is 93.2 Å². The van der Waals surface area contributed by atoms with Crippen LogP contribution in [0.15, 0.2) is 22.5 Å². The van der Waals surface area contributed by atoms with Gasteiger partial charge in [-0.3, -0.25) is 0 Å². The first-order chi connectivity index (χ1) is 7.45. The van der Waals surface area contributed by atoms with Crippen molar-refractivity contribution in [2.24, 2.45) is 0 Å². The Morgan fingerprint density at radius 1 is 0.867 bits per heavy atom. The maximum Gasteiger partial charge on any atom is 0.103 e. The summed E-state index contributed by atoms with van der Waals surface area (Å²) in [4.78, 5) is 0. The maximum atomic E-state index is 5.73. The monoisotopic (exact) mass is 206 g/mol. The average Bonchev–Trinajstić information content (AvgIpc) is 2.70. The lowest BCUT2D eigenvalue weighted by molar-refractivity contribution is 0.186. The van der Waals surface area contributed by atoms with E-state index in [1.54, 1.807) is 16.7 Å². The van der Waals surface area contributed by atoms with E-state index in [1.165, 1.54) is 44.3 Å². The highest BCUT2D eigenvalue weighted by atomic mass is 16.5. The standard InChI is InChI=1S/C12H16O.C2H6/c1-2-5-10-9(4-1)8-12-11(10)6-3-7-13-12;1-2/h1-8H2;1-2H3. The topological polar surface area (TPSA) is 9.23 Å². The number of ether oxygens (including phenoxy) is 1. The van der Waals surface area contributed by atoms with Crippen LogP contribution in [-0.4, -0.2) is 6.61 Å². The van der Waals surface area contributed by atoms with Crippen molar-refractivity contribution >= 4 is 0 Å². The molecule has 1 nitrogen and oxygen atoms in total. The van der Waals surface area contributed by atoms with Gasteiger partial charge in [0, 0.05) is 6.42 Å². The van der Waals surface area contributed by atoms with Crippen LogP contribution in [0.1, 0.15) is 58.8 Å². The lowest BCUT2D eigenvalue weighted by Crippen LogP contribution is -2.04. The van der Waals surface area contributed by atoms with Crippen LogP contribution in [0.4, 0.5) is 0 Å². The Hall–Kier alpha value is -0.720. The zero-order valence-corrected chi connectivity index (χ0v) is 10.1. The fourth-order valence-corrected chi connectivity index (χ4v) is 2.87. The molecule has 0 radical (unpaired) electrons. The first-order valence-corrected chi connectivity index (χ1v) is 6.51. The number of hydrogen-bond donors (Lipinski definition) is 0. The molecule has 3 rings (SSSR count). The van der Waals surface area contributed by atoms with Gasteiger partial charge in [0.05, 0.1) is 6.61 Å². The first-order valence-electron chi connectivity index (χ1n) is 6.51. The smallest absolute Gasteiger partial charge is 0.103 e. The number of hydrogen-bond acceptors (Lipinski definition) is 1. The van der Waals surface area contributed by atoms with Gasteiger partial charge in [-0.2, -0.15) is 0 Å². The molecule has 0 aromatic heterocycles. The zero-order chi connectivity index (χ0) is 10.7. The minimum atomic E-state index is 0.958. The maximum absolute atomic E-state index is 5.73. The summed E-state index contributed by atoms with van der Waals surface area (Å²) in [6, 6.07) is 0. The molecular weight excluding hydrogens is 184 g/mol. The molecule has 2 aliphatic carbocycles. The van der Waals surface area contributed by atoms with Gasteiger partial charge >= 0.3 is 0 Å². The van der Waals surface area contributed by atoms with Crippen molar-refractivity contribution in [1.29, 1.82) is 0 Å². The lowest BCUT2D eigenvalue weighted by atomic mass is 9.89. The van der Waals surface area contributed by atoms with Gasteiger partial charge in [-0.1, -0.05) is 19.4 Å². The molecule has 1 aliphatic heterocycles. The van der Waals surface area contributed by atoms with E-state index in [-0.39, 0.29) is 0 Å². The van der Waals surface area contributed by atoms with Gasteiger partial charge in [0.15, 0.2) is 0 Å². The molecule has 0 spiro atoms. The van der Waals surface area contributed by atoms with Crippen molar-refractivity contribution < 1.29 is 4.74 Å². The molecule has 0 aromatic carbocycles. The molecule has 1 heterocycles. The molecular formula is C14H22O. The molecule has 0 atom stereocenters. The summed E-state index contributed by atoms with van der Waals surface area (Å²) in [6.45, 7) is 4.96. The molecule has 15 heavy (non-hydrogen) atoms. The summed E-state index contributed by atoms with van der Waals surface area (Å²) >= 11 is 0. The summed E-state index contributed by atoms with van der Waals surface area (Å²) in [5.74, 6) is 1.33. The van der Waals surface area contributed by atoms with Crippen LogP contribution in [0, 0.1) is 0 Å². The molecule has 0 saturated heterocycles. The minimum absolute atomic E-state index is 0.958. The van der Waals surface area contributed by atoms with Crippen LogP contribution in [0.3, 0.4) is 0 Å². The van der Waals surface area contributed by atoms with Crippen LogP contribution in [0.5, 0.6) is 0 Å². The van der Waals surface area contributed by atoms with Crippen molar-refractivity contribution in [3.63, 3.8) is 0 Å². The van der Waals surface area contributed by atoms with Gasteiger partial charge in [0.1, 0.15) is 5.76 Å². The van der Waals surface area contributed by atoms with Crippen LogP contribution >= 0.6 is 0 Å². The molecule has 84 valence electrons. The summed E-state index contributed by atoms with van der Waals surface area (Å²) in [5.41, 5.74) is 5.00. The Balaban J connectivity index is 0.000000404. The van der Waals surface area contributed by atoms with Gasteiger partial charge in [0.2, 0.25) is 0 Å². The van der Waals surface area contributed by atoms with E-state index in [1.807, 2.05) is 13.8 Å². The van der Waals surface area contributed by atoms with Crippen LogP contribution in [0.25, 0.3) is 0 Å². The number of rotatable bonds is 0. The van der Waals surface area contributed by atoms with E-state index in [2.05, 4.69) is 0 Å². The van der Waals surface area contributed by atoms with Gasteiger partial charge in [-0.25, -0.2) is 0 Å². The second-order valence-electron chi connectivity index (χ2n) is 4.32. The molecule has 0 saturated carbocycles. The van der Waals surface area contributed by atoms with Crippen molar-refractivity contribution in [3.05, 3.63) is 22.5 Å². The van der Waals surface area contributed by atoms with E-state index < -0.39 is 0 Å². The molecule has 0 unspecified atom stereocenters. The van der Waals surface area contributed by atoms with Crippen molar-refractivity contribution in [2.75, 3.05) is 6.61 Å². The fourth-order valence-electron chi connectivity index (χ4n) is 2.87. The van der Waals surface area contributed by atoms with Crippen molar-refractivity contribution in [3.8, 4) is 0 Å². The van der Waals surface area contributed by atoms with Crippen LogP contribution in [-0.2, 0) is 4.74 Å². The van der Waals surface area contributed by atoms with E-state index in [9.17, 15) is 0 Å². The highest BCUT2D eigenvalue weighted by molar-refractivity contribution is 5.46. The Morgan fingerprint density at radius 2 is 1.60 bits per heavy atom. The third-order valence-electron chi connectivity index (χ3n) is 3.50. The predicted octanol–water partition coefficient (Wildman–Crippen LogP) is 4.35. The molecule has 0 fully saturated rings. The summed E-state index contributed by atoms with van der Waals surface area (Å²) in [6.07, 6.45) is 9.15. The van der Waals surface area contributed by atoms with Gasteiger partial charge in [-0.15, -0.1) is 0 Å². The highest BCUT2D eigenvalue weighted by Gasteiger charge is 2.28. The molecule has 0 amide bonds. The molecule has 0 N–H and O–H groups in total. The second kappa shape index (κ2) is 4.87. The summed E-state index contributed by atoms with van der Waals surface area (Å²) in [5, 5.41) is 0. The van der Waals surface area contributed by atoms with Gasteiger partial charge in [0.25, 0.3) is 0 Å². The largest absolute Gasteiger partial charge is 0.497 e. The SMILES string of the molecule is C1CCC2=C(C1)CC1=C2CCCO1.CC. The van der Waals surface area contributed by atoms with E-state index in [0.29, 0.717) is 0 Å². The van der Waals surface area contributed by atoms with Crippen molar-refractivity contribution in [2.45, 2.75) is 58.8 Å². The highest BCUT2D eigenvalue weighted by Crippen LogP contribution is 2.44. The molecule has 1 heteroatoms. The van der Waals surface area contributed by atoms with Crippen LogP contribution < -0.4 is 0 Å². The van der Waals surface area contributed by atoms with Crippen molar-refractivity contribution in [1.82, 2.24) is 0 Å². The second-order valence-corrected chi connectivity index (χ2v) is 4.32. The normalized spacial score (nSPS) is 23.9. The van der Waals surface area contributed by atoms with E-state index >= 15 is 0 Å². The van der Waals surface area contributed by atoms with Gasteiger partial charge in [-0.05, 0) is 49.7 Å². The third-order valence-corrected chi connectivity index (χ3v) is 3.50. The zero-order valence-electron chi connectivity index (χ0n) is 10.1. The Morgan fingerprint density at radius 3 is 2.47 bits per heavy atom.